The van der Waals surface area contributed by atoms with Crippen molar-refractivity contribution in [1.82, 2.24) is 23.7 Å². The first-order valence-electron chi connectivity index (χ1n) is 9.36. The number of thiazole rings is 1. The van der Waals surface area contributed by atoms with Gasteiger partial charge < -0.3 is 9.88 Å². The summed E-state index contributed by atoms with van der Waals surface area (Å²) in [5.74, 6) is -0.867. The highest BCUT2D eigenvalue weighted by molar-refractivity contribution is 7.15. The van der Waals surface area contributed by atoms with Gasteiger partial charge in [0.15, 0.2) is 16.3 Å². The minimum absolute atomic E-state index is 0.229. The maximum absolute atomic E-state index is 13.9. The van der Waals surface area contributed by atoms with E-state index < -0.39 is 23.7 Å². The lowest BCUT2D eigenvalue weighted by Gasteiger charge is -2.08. The predicted octanol–water partition coefficient (Wildman–Crippen LogP) is 1.57. The van der Waals surface area contributed by atoms with Gasteiger partial charge in [-0.25, -0.2) is 23.7 Å². The van der Waals surface area contributed by atoms with Crippen molar-refractivity contribution in [3.63, 3.8) is 0 Å². The standard InChI is InChI=1S/C20H19FN6O3S/c1-11-14(8-12-6-4-5-7-13(12)21)31-19(23-11)24-15(28)9-27-18(29)16-17(22-10-25(16)2)26(3)20(27)30/h4-7,10H,8-9H2,1-3H3,(H,23,24,28). The van der Waals surface area contributed by atoms with Gasteiger partial charge in [-0.3, -0.25) is 14.2 Å². The molecular weight excluding hydrogens is 423 g/mol. The second-order valence-corrected chi connectivity index (χ2v) is 8.19. The van der Waals surface area contributed by atoms with Crippen LogP contribution in [0.1, 0.15) is 16.1 Å². The van der Waals surface area contributed by atoms with Crippen molar-refractivity contribution in [1.29, 1.82) is 0 Å². The lowest BCUT2D eigenvalue weighted by Crippen LogP contribution is -2.42. The van der Waals surface area contributed by atoms with Crippen LogP contribution < -0.4 is 16.6 Å². The summed E-state index contributed by atoms with van der Waals surface area (Å²) >= 11 is 1.23. The first-order chi connectivity index (χ1) is 14.8. The van der Waals surface area contributed by atoms with Gasteiger partial charge in [0.1, 0.15) is 12.4 Å². The summed E-state index contributed by atoms with van der Waals surface area (Å²) in [5.41, 5.74) is 0.458. The number of carbonyl (C=O) groups excluding carboxylic acids is 1. The number of hydrogen-bond acceptors (Lipinski definition) is 6. The zero-order valence-electron chi connectivity index (χ0n) is 17.0. The largest absolute Gasteiger partial charge is 0.332 e. The van der Waals surface area contributed by atoms with E-state index in [1.165, 1.54) is 39.9 Å². The topological polar surface area (TPSA) is 104 Å². The van der Waals surface area contributed by atoms with E-state index in [0.29, 0.717) is 22.8 Å². The van der Waals surface area contributed by atoms with Crippen molar-refractivity contribution in [2.45, 2.75) is 19.9 Å². The van der Waals surface area contributed by atoms with Gasteiger partial charge in [-0.05, 0) is 18.6 Å². The molecule has 0 aliphatic carbocycles. The first-order valence-corrected chi connectivity index (χ1v) is 10.2. The van der Waals surface area contributed by atoms with Crippen LogP contribution in [0.3, 0.4) is 0 Å². The van der Waals surface area contributed by atoms with Crippen molar-refractivity contribution in [2.24, 2.45) is 14.1 Å². The summed E-state index contributed by atoms with van der Waals surface area (Å²) in [4.78, 5) is 47.0. The van der Waals surface area contributed by atoms with Gasteiger partial charge in [-0.1, -0.05) is 18.2 Å². The molecule has 0 radical (unpaired) electrons. The second-order valence-electron chi connectivity index (χ2n) is 7.10. The molecule has 11 heteroatoms. The predicted molar refractivity (Wildman–Crippen MR) is 115 cm³/mol. The van der Waals surface area contributed by atoms with Gasteiger partial charge in [0.05, 0.1) is 12.0 Å². The van der Waals surface area contributed by atoms with E-state index in [4.69, 9.17) is 0 Å². The van der Waals surface area contributed by atoms with Crippen molar-refractivity contribution >= 4 is 33.5 Å². The molecule has 0 saturated heterocycles. The summed E-state index contributed by atoms with van der Waals surface area (Å²) in [7, 11) is 3.13. The first kappa shape index (κ1) is 20.7. The number of amides is 1. The number of benzene rings is 1. The number of nitrogens with one attached hydrogen (secondary N) is 1. The van der Waals surface area contributed by atoms with E-state index in [-0.39, 0.29) is 17.0 Å². The van der Waals surface area contributed by atoms with Gasteiger partial charge in [0.25, 0.3) is 5.56 Å². The lowest BCUT2D eigenvalue weighted by molar-refractivity contribution is -0.116. The molecule has 0 unspecified atom stereocenters. The van der Waals surface area contributed by atoms with Crippen LogP contribution in [-0.4, -0.2) is 29.6 Å². The van der Waals surface area contributed by atoms with Crippen LogP contribution in [0.4, 0.5) is 9.52 Å². The fourth-order valence-corrected chi connectivity index (χ4v) is 4.30. The molecule has 0 aliphatic rings. The Hall–Kier alpha value is -3.60. The Bertz CT molecular complexity index is 1430. The van der Waals surface area contributed by atoms with Gasteiger partial charge in [0, 0.05) is 25.4 Å². The Morgan fingerprint density at radius 2 is 1.97 bits per heavy atom. The van der Waals surface area contributed by atoms with Gasteiger partial charge in [0.2, 0.25) is 5.91 Å². The SMILES string of the molecule is Cc1nc(NC(=O)Cn2c(=O)c3c(ncn3C)n(C)c2=O)sc1Cc1ccccc1F. The van der Waals surface area contributed by atoms with Crippen LogP contribution in [0.2, 0.25) is 0 Å². The maximum atomic E-state index is 13.9. The molecule has 0 bridgehead atoms. The Balaban J connectivity index is 1.57. The highest BCUT2D eigenvalue weighted by atomic mass is 32.1. The van der Waals surface area contributed by atoms with Gasteiger partial charge in [-0.15, -0.1) is 11.3 Å². The van der Waals surface area contributed by atoms with Crippen LogP contribution >= 0.6 is 11.3 Å². The van der Waals surface area contributed by atoms with Crippen molar-refractivity contribution in [2.75, 3.05) is 5.32 Å². The van der Waals surface area contributed by atoms with Crippen LogP contribution in [0.25, 0.3) is 11.2 Å². The zero-order chi connectivity index (χ0) is 22.3. The highest BCUT2D eigenvalue weighted by Crippen LogP contribution is 2.26. The number of aromatic nitrogens is 5. The number of halogens is 1. The molecule has 1 amide bonds. The van der Waals surface area contributed by atoms with Crippen molar-refractivity contribution in [3.05, 3.63) is 73.4 Å². The minimum Gasteiger partial charge on any atom is -0.328 e. The smallest absolute Gasteiger partial charge is 0.328 e. The zero-order valence-corrected chi connectivity index (χ0v) is 17.9. The van der Waals surface area contributed by atoms with E-state index >= 15 is 0 Å². The van der Waals surface area contributed by atoms with E-state index in [1.807, 2.05) is 0 Å². The molecule has 1 aromatic carbocycles. The third-order valence-corrected chi connectivity index (χ3v) is 6.02. The van der Waals surface area contributed by atoms with Crippen molar-refractivity contribution < 1.29 is 9.18 Å². The molecule has 0 aliphatic heterocycles. The molecule has 0 fully saturated rings. The Labute approximate surface area is 179 Å². The lowest BCUT2D eigenvalue weighted by atomic mass is 10.1. The molecule has 4 aromatic rings. The molecule has 9 nitrogen and oxygen atoms in total. The molecule has 1 N–H and O–H groups in total. The van der Waals surface area contributed by atoms with E-state index in [2.05, 4.69) is 15.3 Å². The fourth-order valence-electron chi connectivity index (χ4n) is 3.30. The third-order valence-electron chi connectivity index (χ3n) is 4.95. The Kier molecular flexibility index (Phi) is 5.27. The van der Waals surface area contributed by atoms with Crippen molar-refractivity contribution in [3.8, 4) is 0 Å². The van der Waals surface area contributed by atoms with Gasteiger partial charge in [-0.2, -0.15) is 0 Å². The number of anilines is 1. The summed E-state index contributed by atoms with van der Waals surface area (Å²) < 4.78 is 17.5. The maximum Gasteiger partial charge on any atom is 0.332 e. The Morgan fingerprint density at radius 3 is 2.71 bits per heavy atom. The normalized spacial score (nSPS) is 11.2. The summed E-state index contributed by atoms with van der Waals surface area (Å²) in [6.07, 6.45) is 1.79. The average molecular weight is 442 g/mol. The quantitative estimate of drug-likeness (QED) is 0.505. The number of imidazole rings is 1. The van der Waals surface area contributed by atoms with Crippen LogP contribution in [0.5, 0.6) is 0 Å². The Morgan fingerprint density at radius 1 is 1.23 bits per heavy atom. The van der Waals surface area contributed by atoms with E-state index in [0.717, 1.165) is 9.44 Å². The number of fused-ring (bicyclic) bond motifs is 1. The number of hydrogen-bond donors (Lipinski definition) is 1. The molecule has 0 spiro atoms. The fraction of sp³-hybridized carbons (Fsp3) is 0.250. The molecular formula is C20H19FN6O3S. The van der Waals surface area contributed by atoms with E-state index in [1.54, 1.807) is 32.2 Å². The molecule has 3 heterocycles. The van der Waals surface area contributed by atoms with Crippen LogP contribution in [-0.2, 0) is 31.9 Å². The highest BCUT2D eigenvalue weighted by Gasteiger charge is 2.18. The molecule has 31 heavy (non-hydrogen) atoms. The molecule has 160 valence electrons. The van der Waals surface area contributed by atoms with E-state index in [9.17, 15) is 18.8 Å². The molecule has 3 aromatic heterocycles. The summed E-state index contributed by atoms with van der Waals surface area (Å²) in [6, 6.07) is 6.48. The molecule has 0 atom stereocenters. The number of carbonyl (C=O) groups is 1. The second kappa shape index (κ2) is 7.91. The summed E-state index contributed by atoms with van der Waals surface area (Å²) in [5, 5.41) is 2.95. The van der Waals surface area contributed by atoms with Crippen LogP contribution in [0.15, 0.2) is 40.2 Å². The summed E-state index contributed by atoms with van der Waals surface area (Å²) in [6.45, 7) is 1.31. The van der Waals surface area contributed by atoms with Gasteiger partial charge >= 0.3 is 5.69 Å². The number of nitrogens with zero attached hydrogens (tertiary/aromatic N) is 5. The molecule has 4 rings (SSSR count). The number of aryl methyl sites for hydroxylation is 3. The van der Waals surface area contributed by atoms with Crippen LogP contribution in [0, 0.1) is 12.7 Å². The minimum atomic E-state index is -0.637. The molecule has 0 saturated carbocycles. The third kappa shape index (κ3) is 3.79. The monoisotopic (exact) mass is 442 g/mol. The average Bonchev–Trinajstić information content (AvgIpc) is 3.27. The number of rotatable bonds is 5.